The summed E-state index contributed by atoms with van der Waals surface area (Å²) >= 11 is 0. The number of carboxylic acid groups (broad SMARTS) is 1. The Kier molecular flexibility index (Phi) is 6.20. The van der Waals surface area contributed by atoms with Gasteiger partial charge in [0.05, 0.1) is 6.54 Å². The number of nitrogens with zero attached hydrogens (tertiary/aromatic N) is 3. The molecule has 8 heteroatoms. The van der Waals surface area contributed by atoms with E-state index >= 15 is 0 Å². The van der Waals surface area contributed by atoms with Crippen LogP contribution in [0.5, 0.6) is 0 Å². The first-order chi connectivity index (χ1) is 14.1. The van der Waals surface area contributed by atoms with Crippen LogP contribution in [0.25, 0.3) is 0 Å². The molecule has 1 aromatic carbocycles. The Balaban J connectivity index is 1.42. The van der Waals surface area contributed by atoms with Crippen molar-refractivity contribution in [1.82, 2.24) is 25.4 Å². The van der Waals surface area contributed by atoms with Crippen LogP contribution in [-0.2, 0) is 17.9 Å². The normalized spacial score (nSPS) is 27.0. The molecule has 29 heavy (non-hydrogen) atoms. The minimum Gasteiger partial charge on any atom is -0.480 e. The maximum atomic E-state index is 13.6. The molecular weight excluding hydrogens is 373 g/mol. The van der Waals surface area contributed by atoms with Crippen molar-refractivity contribution in [1.29, 1.82) is 0 Å². The highest BCUT2D eigenvalue weighted by atomic mass is 19.1. The van der Waals surface area contributed by atoms with Gasteiger partial charge in [-0.15, -0.1) is 0 Å². The first kappa shape index (κ1) is 20.0. The summed E-state index contributed by atoms with van der Waals surface area (Å²) in [4.78, 5) is 17.9. The number of aromatic amines is 1. The molecular formula is C21H28FN5O2. The van der Waals surface area contributed by atoms with Crippen LogP contribution >= 0.6 is 0 Å². The lowest BCUT2D eigenvalue weighted by atomic mass is 9.69. The van der Waals surface area contributed by atoms with E-state index in [2.05, 4.69) is 25.4 Å². The number of halogens is 1. The number of carbonyl (C=O) groups is 1. The average molecular weight is 401 g/mol. The van der Waals surface area contributed by atoms with Crippen LogP contribution in [0.1, 0.15) is 37.1 Å². The minimum absolute atomic E-state index is 0.225. The average Bonchev–Trinajstić information content (AvgIpc) is 3.20. The van der Waals surface area contributed by atoms with E-state index in [4.69, 9.17) is 0 Å². The van der Waals surface area contributed by atoms with Crippen molar-refractivity contribution in [3.63, 3.8) is 0 Å². The molecule has 1 aliphatic heterocycles. The molecule has 0 spiro atoms. The van der Waals surface area contributed by atoms with Crippen molar-refractivity contribution in [2.45, 2.75) is 44.8 Å². The molecule has 2 aliphatic rings. The Morgan fingerprint density at radius 3 is 2.90 bits per heavy atom. The summed E-state index contributed by atoms with van der Waals surface area (Å²) in [5.41, 5.74) is 0.936. The smallest absolute Gasteiger partial charge is 0.320 e. The number of rotatable bonds is 7. The number of aromatic nitrogens is 3. The van der Waals surface area contributed by atoms with Gasteiger partial charge in [-0.1, -0.05) is 12.1 Å². The molecule has 0 bridgehead atoms. The van der Waals surface area contributed by atoms with Crippen molar-refractivity contribution in [2.24, 2.45) is 17.8 Å². The van der Waals surface area contributed by atoms with Gasteiger partial charge in [0, 0.05) is 13.1 Å². The Morgan fingerprint density at radius 1 is 1.24 bits per heavy atom. The van der Waals surface area contributed by atoms with Gasteiger partial charge in [0.15, 0.2) is 0 Å². The first-order valence-electron chi connectivity index (χ1n) is 10.3. The highest BCUT2D eigenvalue weighted by Crippen LogP contribution is 2.39. The summed E-state index contributed by atoms with van der Waals surface area (Å²) in [5.74, 6) is 1.36. The van der Waals surface area contributed by atoms with Gasteiger partial charge >= 0.3 is 5.97 Å². The Labute approximate surface area is 169 Å². The second kappa shape index (κ2) is 9.00. The standard InChI is InChI=1S/C21H28FN5O2/c22-18-3-1-2-14(7-18)10-27(12-20-24-13-25-26-20)11-15-4-5-16-9-23-19(21(28)29)8-17(16)6-15/h1-3,7,13,15-17,19,23H,4-6,8-12H2,(H,28,29)(H,24,25,26)/t15-,16-,17+,19-/m0/s1. The second-order valence-corrected chi connectivity index (χ2v) is 8.47. The van der Waals surface area contributed by atoms with Gasteiger partial charge in [0.2, 0.25) is 0 Å². The van der Waals surface area contributed by atoms with Crippen molar-refractivity contribution in [3.05, 3.63) is 47.8 Å². The number of carboxylic acids is 1. The van der Waals surface area contributed by atoms with Gasteiger partial charge in [-0.2, -0.15) is 5.10 Å². The van der Waals surface area contributed by atoms with E-state index in [0.717, 1.165) is 43.7 Å². The molecule has 1 aliphatic carbocycles. The van der Waals surface area contributed by atoms with Gasteiger partial charge in [-0.25, -0.2) is 9.37 Å². The van der Waals surface area contributed by atoms with E-state index < -0.39 is 12.0 Å². The number of aliphatic carboxylic acids is 1. The maximum Gasteiger partial charge on any atom is 0.320 e. The van der Waals surface area contributed by atoms with Gasteiger partial charge < -0.3 is 10.4 Å². The molecule has 0 radical (unpaired) electrons. The van der Waals surface area contributed by atoms with Crippen LogP contribution in [0.2, 0.25) is 0 Å². The van der Waals surface area contributed by atoms with Gasteiger partial charge in [0.25, 0.3) is 0 Å². The fraction of sp³-hybridized carbons (Fsp3) is 0.571. The van der Waals surface area contributed by atoms with E-state index in [1.165, 1.54) is 12.4 Å². The molecule has 4 atom stereocenters. The predicted octanol–water partition coefficient (Wildman–Crippen LogP) is 2.42. The molecule has 0 unspecified atom stereocenters. The molecule has 0 amide bonds. The molecule has 156 valence electrons. The molecule has 2 heterocycles. The SMILES string of the molecule is O=C(O)[C@@H]1C[C@H]2C[C@@H](CN(Cc3cccc(F)c3)Cc3ncn[nH]3)CC[C@H]2CN1. The van der Waals surface area contributed by atoms with Gasteiger partial charge in [-0.3, -0.25) is 14.8 Å². The molecule has 4 rings (SSSR count). The highest BCUT2D eigenvalue weighted by molar-refractivity contribution is 5.73. The zero-order chi connectivity index (χ0) is 20.2. The second-order valence-electron chi connectivity index (χ2n) is 8.47. The van der Waals surface area contributed by atoms with Crippen molar-refractivity contribution < 1.29 is 14.3 Å². The molecule has 1 saturated heterocycles. The van der Waals surface area contributed by atoms with E-state index in [1.54, 1.807) is 12.1 Å². The lowest BCUT2D eigenvalue weighted by molar-refractivity contribution is -0.141. The van der Waals surface area contributed by atoms with Crippen LogP contribution in [0.4, 0.5) is 4.39 Å². The van der Waals surface area contributed by atoms with E-state index in [9.17, 15) is 14.3 Å². The summed E-state index contributed by atoms with van der Waals surface area (Å²) in [6.45, 7) is 2.95. The molecule has 3 N–H and O–H groups in total. The Morgan fingerprint density at radius 2 is 2.14 bits per heavy atom. The highest BCUT2D eigenvalue weighted by Gasteiger charge is 2.38. The first-order valence-corrected chi connectivity index (χ1v) is 10.3. The zero-order valence-corrected chi connectivity index (χ0v) is 16.4. The number of hydrogen-bond acceptors (Lipinski definition) is 5. The Bertz CT molecular complexity index is 815. The number of hydrogen-bond donors (Lipinski definition) is 3. The van der Waals surface area contributed by atoms with E-state index in [0.29, 0.717) is 37.3 Å². The van der Waals surface area contributed by atoms with Gasteiger partial charge in [-0.05, 0) is 67.7 Å². The number of nitrogens with one attached hydrogen (secondary N) is 2. The third-order valence-electron chi connectivity index (χ3n) is 6.36. The topological polar surface area (TPSA) is 94.1 Å². The number of H-pyrrole nitrogens is 1. The monoisotopic (exact) mass is 401 g/mol. The third kappa shape index (κ3) is 5.19. The molecule has 2 aromatic rings. The maximum absolute atomic E-state index is 13.6. The molecule has 1 aromatic heterocycles. The van der Waals surface area contributed by atoms with Gasteiger partial charge in [0.1, 0.15) is 24.0 Å². The van der Waals surface area contributed by atoms with Crippen LogP contribution in [0, 0.1) is 23.6 Å². The summed E-state index contributed by atoms with van der Waals surface area (Å²) in [6, 6.07) is 6.30. The quantitative estimate of drug-likeness (QED) is 0.660. The van der Waals surface area contributed by atoms with Crippen molar-refractivity contribution >= 4 is 5.97 Å². The lowest BCUT2D eigenvalue weighted by Crippen LogP contribution is -2.50. The van der Waals surface area contributed by atoms with E-state index in [1.807, 2.05) is 6.07 Å². The van der Waals surface area contributed by atoms with Crippen molar-refractivity contribution in [2.75, 3.05) is 13.1 Å². The fourth-order valence-corrected chi connectivity index (χ4v) is 4.98. The third-order valence-corrected chi connectivity index (χ3v) is 6.36. The van der Waals surface area contributed by atoms with E-state index in [-0.39, 0.29) is 5.82 Å². The predicted molar refractivity (Wildman–Crippen MR) is 105 cm³/mol. The number of fused-ring (bicyclic) bond motifs is 1. The largest absolute Gasteiger partial charge is 0.480 e. The summed E-state index contributed by atoms with van der Waals surface area (Å²) in [7, 11) is 0. The zero-order valence-electron chi connectivity index (χ0n) is 16.4. The minimum atomic E-state index is -0.747. The van der Waals surface area contributed by atoms with Crippen LogP contribution in [0.3, 0.4) is 0 Å². The summed E-state index contributed by atoms with van der Waals surface area (Å²) in [6.07, 6.45) is 5.53. The van der Waals surface area contributed by atoms with Crippen LogP contribution in [0.15, 0.2) is 30.6 Å². The van der Waals surface area contributed by atoms with Crippen LogP contribution in [-0.4, -0.2) is 50.3 Å². The number of benzene rings is 1. The fourth-order valence-electron chi connectivity index (χ4n) is 4.98. The lowest BCUT2D eigenvalue weighted by Gasteiger charge is -2.42. The summed E-state index contributed by atoms with van der Waals surface area (Å²) < 4.78 is 13.6. The molecule has 2 fully saturated rings. The summed E-state index contributed by atoms with van der Waals surface area (Å²) in [5, 5.41) is 19.4. The molecule has 7 nitrogen and oxygen atoms in total. The van der Waals surface area contributed by atoms with Crippen molar-refractivity contribution in [3.8, 4) is 0 Å². The molecule has 1 saturated carbocycles. The van der Waals surface area contributed by atoms with Crippen LogP contribution < -0.4 is 5.32 Å². The number of piperidine rings is 1. The Hall–Kier alpha value is -2.32.